The lowest BCUT2D eigenvalue weighted by atomic mass is 9.97. The van der Waals surface area contributed by atoms with Gasteiger partial charge in [-0.2, -0.15) is 0 Å². The van der Waals surface area contributed by atoms with Crippen LogP contribution in [-0.4, -0.2) is 36.7 Å². The van der Waals surface area contributed by atoms with E-state index in [1.165, 1.54) is 5.56 Å². The summed E-state index contributed by atoms with van der Waals surface area (Å²) in [6.07, 6.45) is 2.25. The maximum absolute atomic E-state index is 5.80. The lowest BCUT2D eigenvalue weighted by Crippen LogP contribution is -2.36. The van der Waals surface area contributed by atoms with E-state index in [4.69, 9.17) is 15.5 Å². The molecule has 1 aromatic heterocycles. The first-order valence-corrected chi connectivity index (χ1v) is 8.58. The maximum atomic E-state index is 5.80. The fourth-order valence-electron chi connectivity index (χ4n) is 3.10. The van der Waals surface area contributed by atoms with Gasteiger partial charge in [0, 0.05) is 31.8 Å². The Balaban J connectivity index is 1.90. The van der Waals surface area contributed by atoms with Crippen molar-refractivity contribution >= 4 is 5.82 Å². The SMILES string of the molecule is COCc1cc(N2CCC(CN)CC2)nc(-c2ccc(C)cc2)n1. The van der Waals surface area contributed by atoms with Crippen molar-refractivity contribution < 1.29 is 4.74 Å². The number of methoxy groups -OCH3 is 1. The Morgan fingerprint density at radius 3 is 2.50 bits per heavy atom. The molecule has 24 heavy (non-hydrogen) atoms. The van der Waals surface area contributed by atoms with Crippen LogP contribution in [-0.2, 0) is 11.3 Å². The summed E-state index contributed by atoms with van der Waals surface area (Å²) in [4.78, 5) is 11.8. The van der Waals surface area contributed by atoms with Gasteiger partial charge in [0.15, 0.2) is 5.82 Å². The largest absolute Gasteiger partial charge is 0.378 e. The molecule has 0 unspecified atom stereocenters. The minimum atomic E-state index is 0.494. The van der Waals surface area contributed by atoms with E-state index < -0.39 is 0 Å². The van der Waals surface area contributed by atoms with Crippen molar-refractivity contribution in [2.75, 3.05) is 31.6 Å². The Kier molecular flexibility index (Phi) is 5.43. The average molecular weight is 326 g/mol. The second kappa shape index (κ2) is 7.73. The third kappa shape index (κ3) is 3.91. The van der Waals surface area contributed by atoms with Gasteiger partial charge in [-0.25, -0.2) is 9.97 Å². The van der Waals surface area contributed by atoms with Crippen LogP contribution in [0.1, 0.15) is 24.1 Å². The van der Waals surface area contributed by atoms with Gasteiger partial charge in [0.1, 0.15) is 5.82 Å². The van der Waals surface area contributed by atoms with Gasteiger partial charge in [-0.15, -0.1) is 0 Å². The number of hydrogen-bond acceptors (Lipinski definition) is 5. The fraction of sp³-hybridized carbons (Fsp3) is 0.474. The third-order valence-electron chi connectivity index (χ3n) is 4.64. The van der Waals surface area contributed by atoms with E-state index in [1.54, 1.807) is 7.11 Å². The zero-order chi connectivity index (χ0) is 16.9. The molecule has 0 bridgehead atoms. The van der Waals surface area contributed by atoms with Crippen molar-refractivity contribution in [3.8, 4) is 11.4 Å². The summed E-state index contributed by atoms with van der Waals surface area (Å²) in [5, 5.41) is 0. The van der Waals surface area contributed by atoms with E-state index in [-0.39, 0.29) is 0 Å². The van der Waals surface area contributed by atoms with Gasteiger partial charge in [-0.1, -0.05) is 29.8 Å². The highest BCUT2D eigenvalue weighted by molar-refractivity contribution is 5.58. The van der Waals surface area contributed by atoms with E-state index in [0.29, 0.717) is 12.5 Å². The molecule has 1 aliphatic heterocycles. The number of aryl methyl sites for hydroxylation is 1. The molecule has 3 rings (SSSR count). The quantitative estimate of drug-likeness (QED) is 0.915. The summed E-state index contributed by atoms with van der Waals surface area (Å²) in [6.45, 7) is 5.35. The Morgan fingerprint density at radius 1 is 1.17 bits per heavy atom. The third-order valence-corrected chi connectivity index (χ3v) is 4.64. The number of aromatic nitrogens is 2. The first-order chi connectivity index (χ1) is 11.7. The number of rotatable bonds is 5. The minimum Gasteiger partial charge on any atom is -0.378 e. The molecule has 0 amide bonds. The van der Waals surface area contributed by atoms with Crippen LogP contribution in [0.3, 0.4) is 0 Å². The monoisotopic (exact) mass is 326 g/mol. The number of anilines is 1. The van der Waals surface area contributed by atoms with E-state index >= 15 is 0 Å². The minimum absolute atomic E-state index is 0.494. The molecule has 0 atom stereocenters. The molecule has 0 saturated carbocycles. The summed E-state index contributed by atoms with van der Waals surface area (Å²) in [5.74, 6) is 2.39. The maximum Gasteiger partial charge on any atom is 0.161 e. The lowest BCUT2D eigenvalue weighted by Gasteiger charge is -2.32. The number of nitrogens with zero attached hydrogens (tertiary/aromatic N) is 3. The first kappa shape index (κ1) is 16.9. The molecule has 1 saturated heterocycles. The summed E-state index contributed by atoms with van der Waals surface area (Å²) in [5.41, 5.74) is 8.99. The van der Waals surface area contributed by atoms with E-state index in [0.717, 1.165) is 55.4 Å². The van der Waals surface area contributed by atoms with Crippen LogP contribution in [0.25, 0.3) is 11.4 Å². The number of benzene rings is 1. The number of hydrogen-bond donors (Lipinski definition) is 1. The van der Waals surface area contributed by atoms with Gasteiger partial charge in [-0.05, 0) is 32.2 Å². The van der Waals surface area contributed by atoms with E-state index in [1.807, 2.05) is 6.07 Å². The van der Waals surface area contributed by atoms with Crippen LogP contribution in [0.4, 0.5) is 5.82 Å². The van der Waals surface area contributed by atoms with Gasteiger partial charge in [-0.3, -0.25) is 0 Å². The van der Waals surface area contributed by atoms with Crippen molar-refractivity contribution in [2.24, 2.45) is 11.7 Å². The highest BCUT2D eigenvalue weighted by Gasteiger charge is 2.20. The Morgan fingerprint density at radius 2 is 1.88 bits per heavy atom. The standard InChI is InChI=1S/C19H26N4O/c1-14-3-5-16(6-4-14)19-21-17(13-24-2)11-18(22-19)23-9-7-15(12-20)8-10-23/h3-6,11,15H,7-10,12-13,20H2,1-2H3. The van der Waals surface area contributed by atoms with E-state index in [2.05, 4.69) is 41.1 Å². The predicted molar refractivity (Wildman–Crippen MR) is 96.9 cm³/mol. The molecule has 128 valence electrons. The molecule has 0 spiro atoms. The molecule has 2 heterocycles. The summed E-state index contributed by atoms with van der Waals surface area (Å²) in [6, 6.07) is 10.4. The molecule has 2 N–H and O–H groups in total. The molecular weight excluding hydrogens is 300 g/mol. The molecule has 1 aromatic carbocycles. The molecule has 1 fully saturated rings. The van der Waals surface area contributed by atoms with Crippen molar-refractivity contribution in [1.82, 2.24) is 9.97 Å². The van der Waals surface area contributed by atoms with Crippen molar-refractivity contribution in [3.63, 3.8) is 0 Å². The fourth-order valence-corrected chi connectivity index (χ4v) is 3.10. The summed E-state index contributed by atoms with van der Waals surface area (Å²) in [7, 11) is 1.69. The molecule has 5 nitrogen and oxygen atoms in total. The van der Waals surface area contributed by atoms with Crippen LogP contribution in [0.2, 0.25) is 0 Å². The van der Waals surface area contributed by atoms with Gasteiger partial charge in [0.05, 0.1) is 12.3 Å². The number of ether oxygens (including phenoxy) is 1. The van der Waals surface area contributed by atoms with Crippen LogP contribution >= 0.6 is 0 Å². The number of piperidine rings is 1. The van der Waals surface area contributed by atoms with Crippen LogP contribution < -0.4 is 10.6 Å². The zero-order valence-corrected chi connectivity index (χ0v) is 14.5. The van der Waals surface area contributed by atoms with E-state index in [9.17, 15) is 0 Å². The second-order valence-electron chi connectivity index (χ2n) is 6.51. The Labute approximate surface area is 143 Å². The van der Waals surface area contributed by atoms with Gasteiger partial charge >= 0.3 is 0 Å². The number of nitrogens with two attached hydrogens (primary N) is 1. The molecular formula is C19H26N4O. The van der Waals surface area contributed by atoms with Crippen molar-refractivity contribution in [1.29, 1.82) is 0 Å². The van der Waals surface area contributed by atoms with Gasteiger partial charge in [0.25, 0.3) is 0 Å². The molecule has 5 heteroatoms. The molecule has 0 radical (unpaired) electrons. The van der Waals surface area contributed by atoms with Crippen LogP contribution in [0.5, 0.6) is 0 Å². The Bertz CT molecular complexity index is 664. The zero-order valence-electron chi connectivity index (χ0n) is 14.5. The highest BCUT2D eigenvalue weighted by Crippen LogP contribution is 2.25. The smallest absolute Gasteiger partial charge is 0.161 e. The first-order valence-electron chi connectivity index (χ1n) is 8.58. The van der Waals surface area contributed by atoms with Gasteiger partial charge < -0.3 is 15.4 Å². The molecule has 2 aromatic rings. The Hall–Kier alpha value is -1.98. The second-order valence-corrected chi connectivity index (χ2v) is 6.51. The molecule has 1 aliphatic rings. The average Bonchev–Trinajstić information content (AvgIpc) is 2.62. The van der Waals surface area contributed by atoms with Crippen molar-refractivity contribution in [2.45, 2.75) is 26.4 Å². The molecule has 0 aliphatic carbocycles. The predicted octanol–water partition coefficient (Wildman–Crippen LogP) is 2.77. The normalized spacial score (nSPS) is 15.7. The topological polar surface area (TPSA) is 64.3 Å². The van der Waals surface area contributed by atoms with Crippen molar-refractivity contribution in [3.05, 3.63) is 41.6 Å². The highest BCUT2D eigenvalue weighted by atomic mass is 16.5. The van der Waals surface area contributed by atoms with Crippen LogP contribution in [0.15, 0.2) is 30.3 Å². The van der Waals surface area contributed by atoms with Crippen LogP contribution in [0, 0.1) is 12.8 Å². The summed E-state index contributed by atoms with van der Waals surface area (Å²) >= 11 is 0. The van der Waals surface area contributed by atoms with Gasteiger partial charge in [0.2, 0.25) is 0 Å². The lowest BCUT2D eigenvalue weighted by molar-refractivity contribution is 0.181. The summed E-state index contributed by atoms with van der Waals surface area (Å²) < 4.78 is 5.29.